The molecule has 1 saturated heterocycles. The van der Waals surface area contributed by atoms with Gasteiger partial charge in [0.15, 0.2) is 11.5 Å². The van der Waals surface area contributed by atoms with E-state index in [0.717, 1.165) is 10.5 Å². The Bertz CT molecular complexity index is 1450. The van der Waals surface area contributed by atoms with Crippen molar-refractivity contribution in [2.75, 3.05) is 19.0 Å². The summed E-state index contributed by atoms with van der Waals surface area (Å²) in [7, 11) is 1.38. The third kappa shape index (κ3) is 6.31. The van der Waals surface area contributed by atoms with E-state index in [1.807, 2.05) is 30.3 Å². The number of nitro groups is 1. The Balaban J connectivity index is 1.54. The standard InChI is InChI=1S/C26H20ClN3O7S/c1-36-21-10-17(20(30(34)35)13-22(21)37-15-16-6-3-2-4-7-16)11-23-25(32)29(26(33)38-23)14-24(31)28-19-9-5-8-18(27)12-19/h2-13H,14-15H2,1H3,(H,28,31)/b23-11+. The zero-order valence-corrected chi connectivity index (χ0v) is 21.5. The molecule has 4 rings (SSSR count). The van der Waals surface area contributed by atoms with Gasteiger partial charge in [0.25, 0.3) is 16.8 Å². The lowest BCUT2D eigenvalue weighted by molar-refractivity contribution is -0.385. The number of amides is 3. The molecule has 3 aromatic carbocycles. The molecule has 1 fully saturated rings. The van der Waals surface area contributed by atoms with Crippen LogP contribution in [-0.4, -0.2) is 40.5 Å². The van der Waals surface area contributed by atoms with Crippen LogP contribution < -0.4 is 14.8 Å². The molecule has 0 spiro atoms. The van der Waals surface area contributed by atoms with E-state index in [1.165, 1.54) is 31.4 Å². The highest BCUT2D eigenvalue weighted by atomic mass is 35.5. The monoisotopic (exact) mass is 553 g/mol. The maximum Gasteiger partial charge on any atom is 0.294 e. The molecule has 1 aliphatic rings. The number of nitrogens with zero attached hydrogens (tertiary/aromatic N) is 2. The summed E-state index contributed by atoms with van der Waals surface area (Å²) in [6.07, 6.45) is 1.22. The molecule has 194 valence electrons. The molecule has 0 aromatic heterocycles. The van der Waals surface area contributed by atoms with Crippen LogP contribution in [0.5, 0.6) is 11.5 Å². The summed E-state index contributed by atoms with van der Waals surface area (Å²) < 4.78 is 11.1. The zero-order valence-electron chi connectivity index (χ0n) is 19.9. The minimum absolute atomic E-state index is 0.0350. The van der Waals surface area contributed by atoms with Gasteiger partial charge in [-0.25, -0.2) is 0 Å². The molecular weight excluding hydrogens is 534 g/mol. The number of methoxy groups -OCH3 is 1. The van der Waals surface area contributed by atoms with Crippen molar-refractivity contribution >= 4 is 57.9 Å². The number of carbonyl (C=O) groups excluding carboxylic acids is 3. The van der Waals surface area contributed by atoms with Gasteiger partial charge >= 0.3 is 0 Å². The molecule has 0 aliphatic carbocycles. The lowest BCUT2D eigenvalue weighted by Gasteiger charge is -2.13. The number of rotatable bonds is 9. The average molecular weight is 554 g/mol. The topological polar surface area (TPSA) is 128 Å². The van der Waals surface area contributed by atoms with Crippen LogP contribution >= 0.6 is 23.4 Å². The van der Waals surface area contributed by atoms with Crippen molar-refractivity contribution in [2.24, 2.45) is 0 Å². The summed E-state index contributed by atoms with van der Waals surface area (Å²) >= 11 is 6.48. The Morgan fingerprint density at radius 1 is 1.11 bits per heavy atom. The van der Waals surface area contributed by atoms with Gasteiger partial charge in [-0.05, 0) is 47.7 Å². The van der Waals surface area contributed by atoms with Gasteiger partial charge < -0.3 is 14.8 Å². The van der Waals surface area contributed by atoms with Crippen LogP contribution in [0.25, 0.3) is 6.08 Å². The number of carbonyl (C=O) groups is 3. The molecule has 0 atom stereocenters. The number of ether oxygens (including phenoxy) is 2. The smallest absolute Gasteiger partial charge is 0.294 e. The highest BCUT2D eigenvalue weighted by molar-refractivity contribution is 8.18. The van der Waals surface area contributed by atoms with E-state index in [-0.39, 0.29) is 34.3 Å². The number of halogens is 1. The number of imide groups is 1. The minimum Gasteiger partial charge on any atom is -0.493 e. The van der Waals surface area contributed by atoms with Crippen molar-refractivity contribution in [2.45, 2.75) is 6.61 Å². The second-order valence-corrected chi connectivity index (χ2v) is 9.35. The largest absolute Gasteiger partial charge is 0.493 e. The number of nitrogens with one attached hydrogen (secondary N) is 1. The molecule has 0 unspecified atom stereocenters. The van der Waals surface area contributed by atoms with Crippen molar-refractivity contribution in [1.29, 1.82) is 0 Å². The maximum atomic E-state index is 12.9. The van der Waals surface area contributed by atoms with E-state index in [1.54, 1.807) is 18.2 Å². The zero-order chi connectivity index (χ0) is 27.2. The normalized spacial score (nSPS) is 14.1. The molecule has 0 radical (unpaired) electrons. The molecule has 38 heavy (non-hydrogen) atoms. The molecule has 3 amide bonds. The van der Waals surface area contributed by atoms with E-state index >= 15 is 0 Å². The lowest BCUT2D eigenvalue weighted by Crippen LogP contribution is -2.36. The third-order valence-corrected chi connectivity index (χ3v) is 6.46. The van der Waals surface area contributed by atoms with Gasteiger partial charge in [-0.1, -0.05) is 48.0 Å². The van der Waals surface area contributed by atoms with Crippen molar-refractivity contribution < 1.29 is 28.8 Å². The van der Waals surface area contributed by atoms with Gasteiger partial charge in [-0.3, -0.25) is 29.4 Å². The first-order valence-corrected chi connectivity index (χ1v) is 12.3. The predicted octanol–water partition coefficient (Wildman–Crippen LogP) is 5.51. The van der Waals surface area contributed by atoms with Gasteiger partial charge in [-0.2, -0.15) is 0 Å². The SMILES string of the molecule is COc1cc(/C=C2/SC(=O)N(CC(=O)Nc3cccc(Cl)c3)C2=O)c([N+](=O)[O-])cc1OCc1ccccc1. The fourth-order valence-electron chi connectivity index (χ4n) is 3.53. The van der Waals surface area contributed by atoms with Gasteiger partial charge in [0.1, 0.15) is 13.2 Å². The van der Waals surface area contributed by atoms with E-state index in [9.17, 15) is 24.5 Å². The summed E-state index contributed by atoms with van der Waals surface area (Å²) in [5.41, 5.74) is 0.948. The van der Waals surface area contributed by atoms with Crippen LogP contribution in [-0.2, 0) is 16.2 Å². The summed E-state index contributed by atoms with van der Waals surface area (Å²) in [6, 6.07) is 18.2. The molecule has 0 saturated carbocycles. The Hall–Kier alpha value is -4.35. The summed E-state index contributed by atoms with van der Waals surface area (Å²) in [4.78, 5) is 49.7. The minimum atomic E-state index is -0.751. The molecule has 1 aliphatic heterocycles. The summed E-state index contributed by atoms with van der Waals surface area (Å²) in [5.74, 6) is -1.01. The highest BCUT2D eigenvalue weighted by Gasteiger charge is 2.37. The van der Waals surface area contributed by atoms with Crippen LogP contribution in [0.15, 0.2) is 71.6 Å². The van der Waals surface area contributed by atoms with Gasteiger partial charge in [0.2, 0.25) is 5.91 Å². The number of anilines is 1. The fourth-order valence-corrected chi connectivity index (χ4v) is 4.55. The third-order valence-electron chi connectivity index (χ3n) is 5.32. The molecule has 3 aromatic rings. The quantitative estimate of drug-likeness (QED) is 0.209. The van der Waals surface area contributed by atoms with Crippen LogP contribution in [0.4, 0.5) is 16.2 Å². The van der Waals surface area contributed by atoms with Crippen molar-refractivity contribution in [1.82, 2.24) is 4.90 Å². The van der Waals surface area contributed by atoms with E-state index in [2.05, 4.69) is 5.32 Å². The Labute approximate surface area is 226 Å². The number of nitro benzene ring substituents is 1. The first-order valence-electron chi connectivity index (χ1n) is 11.1. The number of thioether (sulfide) groups is 1. The van der Waals surface area contributed by atoms with Gasteiger partial charge in [-0.15, -0.1) is 0 Å². The van der Waals surface area contributed by atoms with Crippen LogP contribution in [0.2, 0.25) is 5.02 Å². The van der Waals surface area contributed by atoms with E-state index < -0.39 is 28.5 Å². The van der Waals surface area contributed by atoms with Gasteiger partial charge in [0.05, 0.1) is 28.6 Å². The number of hydrogen-bond acceptors (Lipinski definition) is 8. The molecule has 12 heteroatoms. The van der Waals surface area contributed by atoms with Crippen LogP contribution in [0, 0.1) is 10.1 Å². The molecule has 1 heterocycles. The molecule has 10 nitrogen and oxygen atoms in total. The predicted molar refractivity (Wildman–Crippen MR) is 143 cm³/mol. The van der Waals surface area contributed by atoms with E-state index in [0.29, 0.717) is 22.5 Å². The summed E-state index contributed by atoms with van der Waals surface area (Å²) in [6.45, 7) is -0.379. The van der Waals surface area contributed by atoms with Crippen molar-refractivity contribution in [3.8, 4) is 11.5 Å². The van der Waals surface area contributed by atoms with Gasteiger partial charge in [0, 0.05) is 10.7 Å². The number of benzene rings is 3. The first kappa shape index (κ1) is 26.7. The Kier molecular flexibility index (Phi) is 8.29. The van der Waals surface area contributed by atoms with Crippen molar-refractivity contribution in [3.63, 3.8) is 0 Å². The second kappa shape index (κ2) is 11.8. The maximum absolute atomic E-state index is 12.9. The van der Waals surface area contributed by atoms with E-state index in [4.69, 9.17) is 21.1 Å². The average Bonchev–Trinajstić information content (AvgIpc) is 3.15. The highest BCUT2D eigenvalue weighted by Crippen LogP contribution is 2.39. The van der Waals surface area contributed by atoms with Crippen molar-refractivity contribution in [3.05, 3.63) is 97.9 Å². The Morgan fingerprint density at radius 3 is 2.55 bits per heavy atom. The molecule has 1 N–H and O–H groups in total. The van der Waals surface area contributed by atoms with Crippen LogP contribution in [0.1, 0.15) is 11.1 Å². The lowest BCUT2D eigenvalue weighted by atomic mass is 10.1. The summed E-state index contributed by atoms with van der Waals surface area (Å²) in [5, 5.41) is 14.1. The number of hydrogen-bond donors (Lipinski definition) is 1. The Morgan fingerprint density at radius 2 is 1.87 bits per heavy atom. The first-order chi connectivity index (χ1) is 18.2. The fraction of sp³-hybridized carbons (Fsp3) is 0.115. The van der Waals surface area contributed by atoms with Crippen LogP contribution in [0.3, 0.4) is 0 Å². The molecule has 0 bridgehead atoms. The molecular formula is C26H20ClN3O7S. The second-order valence-electron chi connectivity index (χ2n) is 7.92.